The molecule has 2 aliphatic rings. The van der Waals surface area contributed by atoms with Gasteiger partial charge in [-0.2, -0.15) is 0 Å². The molecule has 3 rings (SSSR count). The zero-order valence-electron chi connectivity index (χ0n) is 13.1. The van der Waals surface area contributed by atoms with E-state index in [1.165, 1.54) is 31.2 Å². The zero-order valence-corrected chi connectivity index (χ0v) is 13.1. The van der Waals surface area contributed by atoms with Gasteiger partial charge in [-0.3, -0.25) is 0 Å². The van der Waals surface area contributed by atoms with Gasteiger partial charge in [0.1, 0.15) is 17.6 Å². The summed E-state index contributed by atoms with van der Waals surface area (Å²) >= 11 is 0. The third-order valence-corrected chi connectivity index (χ3v) is 4.72. The number of fused-ring (bicyclic) bond motifs is 1. The molecule has 1 heterocycles. The molecule has 1 aliphatic heterocycles. The largest absolute Gasteiger partial charge is 0.493 e. The van der Waals surface area contributed by atoms with Crippen molar-refractivity contribution in [2.24, 2.45) is 5.92 Å². The lowest BCUT2D eigenvalue weighted by atomic mass is 9.94. The lowest BCUT2D eigenvalue weighted by Crippen LogP contribution is -2.07. The maximum Gasteiger partial charge on any atom is 0.125 e. The average molecular weight is 290 g/mol. The van der Waals surface area contributed by atoms with Crippen LogP contribution in [0.2, 0.25) is 0 Å². The highest BCUT2D eigenvalue weighted by Gasteiger charge is 2.26. The van der Waals surface area contributed by atoms with Crippen LogP contribution in [-0.4, -0.2) is 17.8 Å². The first-order chi connectivity index (χ1) is 10.2. The SMILES string of the molecule is CCOc1cc2c(cc1C(O)CC1CCCC1)OC(C)C2. The van der Waals surface area contributed by atoms with Gasteiger partial charge in [-0.25, -0.2) is 0 Å². The highest BCUT2D eigenvalue weighted by molar-refractivity contribution is 5.49. The lowest BCUT2D eigenvalue weighted by Gasteiger charge is -2.19. The van der Waals surface area contributed by atoms with Gasteiger partial charge in [-0.05, 0) is 38.3 Å². The first kappa shape index (κ1) is 14.7. The second kappa shape index (κ2) is 6.27. The van der Waals surface area contributed by atoms with Crippen LogP contribution in [0.25, 0.3) is 0 Å². The van der Waals surface area contributed by atoms with E-state index in [2.05, 4.69) is 13.0 Å². The Bertz CT molecular complexity index is 491. The van der Waals surface area contributed by atoms with E-state index in [1.807, 2.05) is 13.0 Å². The second-order valence-corrected chi connectivity index (χ2v) is 6.47. The van der Waals surface area contributed by atoms with Crippen LogP contribution in [0, 0.1) is 5.92 Å². The average Bonchev–Trinajstić information content (AvgIpc) is 3.06. The molecule has 21 heavy (non-hydrogen) atoms. The highest BCUT2D eigenvalue weighted by Crippen LogP contribution is 2.41. The Balaban J connectivity index is 1.83. The van der Waals surface area contributed by atoms with Crippen molar-refractivity contribution in [3.63, 3.8) is 0 Å². The molecule has 0 saturated heterocycles. The number of rotatable bonds is 5. The predicted molar refractivity (Wildman–Crippen MR) is 82.9 cm³/mol. The third kappa shape index (κ3) is 3.18. The predicted octanol–water partition coefficient (Wildman–Crippen LogP) is 4.02. The summed E-state index contributed by atoms with van der Waals surface area (Å²) in [7, 11) is 0. The molecule has 1 aromatic rings. The molecule has 2 unspecified atom stereocenters. The number of benzene rings is 1. The maximum absolute atomic E-state index is 10.7. The normalized spacial score (nSPS) is 22.9. The Kier molecular flexibility index (Phi) is 4.39. The van der Waals surface area contributed by atoms with Gasteiger partial charge in [0.2, 0.25) is 0 Å². The summed E-state index contributed by atoms with van der Waals surface area (Å²) in [6, 6.07) is 4.07. The molecule has 1 fully saturated rings. The van der Waals surface area contributed by atoms with Crippen molar-refractivity contribution in [3.8, 4) is 11.5 Å². The van der Waals surface area contributed by atoms with Gasteiger partial charge < -0.3 is 14.6 Å². The number of aliphatic hydroxyl groups excluding tert-OH is 1. The molecule has 2 atom stereocenters. The minimum Gasteiger partial charge on any atom is -0.493 e. The van der Waals surface area contributed by atoms with E-state index in [0.717, 1.165) is 29.9 Å². The van der Waals surface area contributed by atoms with Crippen LogP contribution < -0.4 is 9.47 Å². The number of hydrogen-bond acceptors (Lipinski definition) is 3. The summed E-state index contributed by atoms with van der Waals surface area (Å²) in [5.41, 5.74) is 2.10. The fraction of sp³-hybridized carbons (Fsp3) is 0.667. The number of aliphatic hydroxyl groups is 1. The Morgan fingerprint density at radius 2 is 2.10 bits per heavy atom. The molecular weight excluding hydrogens is 264 g/mol. The quantitative estimate of drug-likeness (QED) is 0.890. The van der Waals surface area contributed by atoms with E-state index in [4.69, 9.17) is 9.47 Å². The fourth-order valence-electron chi connectivity index (χ4n) is 3.68. The van der Waals surface area contributed by atoms with Crippen molar-refractivity contribution in [1.29, 1.82) is 0 Å². The molecule has 0 aromatic heterocycles. The summed E-state index contributed by atoms with van der Waals surface area (Å²) in [6.07, 6.45) is 6.65. The Morgan fingerprint density at radius 3 is 2.81 bits per heavy atom. The number of hydrogen-bond donors (Lipinski definition) is 1. The summed E-state index contributed by atoms with van der Waals surface area (Å²) in [5.74, 6) is 2.41. The van der Waals surface area contributed by atoms with Crippen LogP contribution in [0.1, 0.15) is 63.2 Å². The minimum atomic E-state index is -0.445. The third-order valence-electron chi connectivity index (χ3n) is 4.72. The molecule has 3 heteroatoms. The van der Waals surface area contributed by atoms with Gasteiger partial charge in [-0.1, -0.05) is 25.7 Å². The first-order valence-corrected chi connectivity index (χ1v) is 8.31. The Morgan fingerprint density at radius 1 is 1.33 bits per heavy atom. The highest BCUT2D eigenvalue weighted by atomic mass is 16.5. The van der Waals surface area contributed by atoms with E-state index in [1.54, 1.807) is 0 Å². The summed E-state index contributed by atoms with van der Waals surface area (Å²) in [6.45, 7) is 4.69. The molecular formula is C18H26O3. The van der Waals surface area contributed by atoms with Gasteiger partial charge in [0, 0.05) is 17.5 Å². The summed E-state index contributed by atoms with van der Waals surface area (Å²) < 4.78 is 11.6. The summed E-state index contributed by atoms with van der Waals surface area (Å²) in [4.78, 5) is 0. The van der Waals surface area contributed by atoms with Gasteiger partial charge in [0.05, 0.1) is 12.7 Å². The van der Waals surface area contributed by atoms with Crippen molar-refractivity contribution >= 4 is 0 Å². The first-order valence-electron chi connectivity index (χ1n) is 8.31. The number of ether oxygens (including phenoxy) is 2. The van der Waals surface area contributed by atoms with Crippen LogP contribution in [0.3, 0.4) is 0 Å². The fourth-order valence-corrected chi connectivity index (χ4v) is 3.68. The van der Waals surface area contributed by atoms with Crippen LogP contribution in [0.4, 0.5) is 0 Å². The van der Waals surface area contributed by atoms with Crippen molar-refractivity contribution in [1.82, 2.24) is 0 Å². The standard InChI is InChI=1S/C18H26O3/c1-3-20-18-10-14-8-12(2)21-17(14)11-15(18)16(19)9-13-6-4-5-7-13/h10-13,16,19H,3-9H2,1-2H3. The van der Waals surface area contributed by atoms with E-state index in [0.29, 0.717) is 12.5 Å². The van der Waals surface area contributed by atoms with E-state index in [-0.39, 0.29) is 6.10 Å². The molecule has 0 radical (unpaired) electrons. The van der Waals surface area contributed by atoms with E-state index in [9.17, 15) is 5.11 Å². The molecule has 1 aliphatic carbocycles. The van der Waals surface area contributed by atoms with Crippen LogP contribution >= 0.6 is 0 Å². The topological polar surface area (TPSA) is 38.7 Å². The van der Waals surface area contributed by atoms with Gasteiger partial charge in [-0.15, -0.1) is 0 Å². The smallest absolute Gasteiger partial charge is 0.125 e. The van der Waals surface area contributed by atoms with Gasteiger partial charge in [0.25, 0.3) is 0 Å². The van der Waals surface area contributed by atoms with E-state index >= 15 is 0 Å². The molecule has 1 N–H and O–H groups in total. The minimum absolute atomic E-state index is 0.219. The van der Waals surface area contributed by atoms with E-state index < -0.39 is 6.10 Å². The van der Waals surface area contributed by atoms with Crippen molar-refractivity contribution in [2.75, 3.05) is 6.61 Å². The van der Waals surface area contributed by atoms with Gasteiger partial charge in [0.15, 0.2) is 0 Å². The summed E-state index contributed by atoms with van der Waals surface area (Å²) in [5, 5.41) is 10.7. The molecule has 0 spiro atoms. The molecule has 3 nitrogen and oxygen atoms in total. The Labute approximate surface area is 127 Å². The molecule has 116 valence electrons. The van der Waals surface area contributed by atoms with Crippen LogP contribution in [0.5, 0.6) is 11.5 Å². The lowest BCUT2D eigenvalue weighted by molar-refractivity contribution is 0.140. The molecule has 0 amide bonds. The maximum atomic E-state index is 10.7. The Hall–Kier alpha value is -1.22. The molecule has 1 saturated carbocycles. The molecule has 1 aromatic carbocycles. The van der Waals surface area contributed by atoms with Crippen LogP contribution in [0.15, 0.2) is 12.1 Å². The van der Waals surface area contributed by atoms with Crippen molar-refractivity contribution < 1.29 is 14.6 Å². The van der Waals surface area contributed by atoms with Crippen LogP contribution in [-0.2, 0) is 6.42 Å². The van der Waals surface area contributed by atoms with Crippen molar-refractivity contribution in [3.05, 3.63) is 23.3 Å². The molecule has 0 bridgehead atoms. The van der Waals surface area contributed by atoms with Gasteiger partial charge >= 0.3 is 0 Å². The second-order valence-electron chi connectivity index (χ2n) is 6.47. The van der Waals surface area contributed by atoms with Crippen molar-refractivity contribution in [2.45, 2.75) is 64.6 Å². The monoisotopic (exact) mass is 290 g/mol. The zero-order chi connectivity index (χ0) is 14.8.